The molecule has 1 aromatic heterocycles. The van der Waals surface area contributed by atoms with Gasteiger partial charge in [0, 0.05) is 37.3 Å². The van der Waals surface area contributed by atoms with Crippen molar-refractivity contribution >= 4 is 28.4 Å². The van der Waals surface area contributed by atoms with E-state index in [1.807, 2.05) is 42.2 Å². The summed E-state index contributed by atoms with van der Waals surface area (Å²) in [5.74, 6) is -0.732. The first-order valence-electron chi connectivity index (χ1n) is 8.93. The molecule has 1 aliphatic rings. The summed E-state index contributed by atoms with van der Waals surface area (Å²) in [5.41, 5.74) is 10.8. The molecule has 2 aromatic carbocycles. The minimum Gasteiger partial charge on any atom is -0.387 e. The SMILES string of the molecule is C=C(CN1Cc2c(-c3ccc4cnn(C)c4c3)ccc(NC)c2C1=O)C(N)=O. The molecular weight excluding hydrogens is 354 g/mol. The van der Waals surface area contributed by atoms with Crippen molar-refractivity contribution in [2.45, 2.75) is 6.54 Å². The van der Waals surface area contributed by atoms with Crippen LogP contribution in [0.1, 0.15) is 15.9 Å². The van der Waals surface area contributed by atoms with Crippen LogP contribution < -0.4 is 11.1 Å². The number of hydrogen-bond donors (Lipinski definition) is 2. The average Bonchev–Trinajstić information content (AvgIpc) is 3.21. The molecule has 0 aliphatic carbocycles. The number of nitrogens with two attached hydrogens (primary N) is 1. The van der Waals surface area contributed by atoms with Gasteiger partial charge in [-0.05, 0) is 28.8 Å². The number of amides is 2. The highest BCUT2D eigenvalue weighted by atomic mass is 16.2. The molecule has 0 unspecified atom stereocenters. The van der Waals surface area contributed by atoms with Crippen molar-refractivity contribution in [1.29, 1.82) is 0 Å². The van der Waals surface area contributed by atoms with Gasteiger partial charge >= 0.3 is 0 Å². The second-order valence-corrected chi connectivity index (χ2v) is 6.94. The molecular formula is C21H21N5O2. The maximum Gasteiger partial charge on any atom is 0.256 e. The first-order valence-corrected chi connectivity index (χ1v) is 8.93. The van der Waals surface area contributed by atoms with Crippen LogP contribution >= 0.6 is 0 Å². The summed E-state index contributed by atoms with van der Waals surface area (Å²) in [5, 5.41) is 8.45. The lowest BCUT2D eigenvalue weighted by atomic mass is 9.95. The van der Waals surface area contributed by atoms with E-state index in [0.717, 1.165) is 33.3 Å². The molecule has 1 aliphatic heterocycles. The highest BCUT2D eigenvalue weighted by molar-refractivity contribution is 6.06. The number of aryl methyl sites for hydroxylation is 1. The van der Waals surface area contributed by atoms with Crippen molar-refractivity contribution in [3.8, 4) is 11.1 Å². The Morgan fingerprint density at radius 3 is 2.82 bits per heavy atom. The van der Waals surface area contributed by atoms with Crippen LogP contribution in [0.2, 0.25) is 0 Å². The van der Waals surface area contributed by atoms with E-state index < -0.39 is 5.91 Å². The molecule has 2 heterocycles. The average molecular weight is 375 g/mol. The van der Waals surface area contributed by atoms with Crippen molar-refractivity contribution in [2.75, 3.05) is 18.9 Å². The molecule has 0 atom stereocenters. The molecule has 0 radical (unpaired) electrons. The summed E-state index contributed by atoms with van der Waals surface area (Å²) < 4.78 is 1.83. The highest BCUT2D eigenvalue weighted by Crippen LogP contribution is 2.38. The van der Waals surface area contributed by atoms with Gasteiger partial charge in [0.2, 0.25) is 5.91 Å². The Morgan fingerprint density at radius 1 is 1.32 bits per heavy atom. The standard InChI is InChI=1S/C21H21N5O2/c1-12(20(22)27)10-26-11-16-15(6-7-17(23-2)19(16)21(26)28)13-4-5-14-9-24-25(3)18(14)8-13/h4-9,23H,1,10-11H2,2-3H3,(H2,22,27). The quantitative estimate of drug-likeness (QED) is 0.669. The summed E-state index contributed by atoms with van der Waals surface area (Å²) in [6.07, 6.45) is 1.83. The number of primary amides is 1. The van der Waals surface area contributed by atoms with Crippen LogP contribution in [0, 0.1) is 0 Å². The first kappa shape index (κ1) is 17.8. The second kappa shape index (κ2) is 6.53. The Bertz CT molecular complexity index is 1150. The van der Waals surface area contributed by atoms with E-state index >= 15 is 0 Å². The maximum absolute atomic E-state index is 13.0. The third-order valence-electron chi connectivity index (χ3n) is 5.22. The minimum absolute atomic E-state index is 0.117. The lowest BCUT2D eigenvalue weighted by molar-refractivity contribution is -0.114. The van der Waals surface area contributed by atoms with Crippen molar-refractivity contribution in [3.05, 3.63) is 59.8 Å². The second-order valence-electron chi connectivity index (χ2n) is 6.94. The number of nitrogens with zero attached hydrogens (tertiary/aromatic N) is 3. The molecule has 28 heavy (non-hydrogen) atoms. The van der Waals surface area contributed by atoms with Crippen molar-refractivity contribution in [1.82, 2.24) is 14.7 Å². The molecule has 2 amide bonds. The minimum atomic E-state index is -0.598. The largest absolute Gasteiger partial charge is 0.387 e. The van der Waals surface area contributed by atoms with Crippen molar-refractivity contribution in [2.24, 2.45) is 12.8 Å². The van der Waals surface area contributed by atoms with Gasteiger partial charge in [-0.15, -0.1) is 0 Å². The number of aromatic nitrogens is 2. The maximum atomic E-state index is 13.0. The Labute approximate surface area is 162 Å². The molecule has 142 valence electrons. The number of hydrogen-bond acceptors (Lipinski definition) is 4. The lowest BCUT2D eigenvalue weighted by Gasteiger charge is -2.16. The summed E-state index contributed by atoms with van der Waals surface area (Å²) >= 11 is 0. The molecule has 7 heteroatoms. The molecule has 0 saturated carbocycles. The Morgan fingerprint density at radius 2 is 2.11 bits per heavy atom. The third-order valence-corrected chi connectivity index (χ3v) is 5.22. The number of nitrogens with one attached hydrogen (secondary N) is 1. The Kier molecular flexibility index (Phi) is 4.15. The zero-order valence-corrected chi connectivity index (χ0v) is 15.8. The van der Waals surface area contributed by atoms with Crippen molar-refractivity contribution < 1.29 is 9.59 Å². The zero-order valence-electron chi connectivity index (χ0n) is 15.8. The van der Waals surface area contributed by atoms with Crippen LogP contribution in [0.25, 0.3) is 22.0 Å². The summed E-state index contributed by atoms with van der Waals surface area (Å²) in [4.78, 5) is 26.0. The van der Waals surface area contributed by atoms with Gasteiger partial charge in [-0.1, -0.05) is 24.8 Å². The molecule has 0 bridgehead atoms. The van der Waals surface area contributed by atoms with E-state index in [1.54, 1.807) is 11.9 Å². The van der Waals surface area contributed by atoms with Gasteiger partial charge < -0.3 is 16.0 Å². The van der Waals surface area contributed by atoms with Crippen LogP contribution in [0.4, 0.5) is 5.69 Å². The highest BCUT2D eigenvalue weighted by Gasteiger charge is 2.33. The van der Waals surface area contributed by atoms with Gasteiger partial charge in [0.15, 0.2) is 0 Å². The van der Waals surface area contributed by atoms with Gasteiger partial charge in [-0.2, -0.15) is 5.10 Å². The van der Waals surface area contributed by atoms with E-state index in [1.165, 1.54) is 0 Å². The first-order chi connectivity index (χ1) is 13.4. The number of fused-ring (bicyclic) bond motifs is 2. The molecule has 4 rings (SSSR count). The number of rotatable bonds is 5. The topological polar surface area (TPSA) is 93.2 Å². The van der Waals surface area contributed by atoms with E-state index in [0.29, 0.717) is 12.1 Å². The predicted octanol–water partition coefficient (Wildman–Crippen LogP) is 2.28. The Balaban J connectivity index is 1.82. The molecule has 3 N–H and O–H groups in total. The van der Waals surface area contributed by atoms with Crippen LogP contribution in [0.5, 0.6) is 0 Å². The monoisotopic (exact) mass is 375 g/mol. The van der Waals surface area contributed by atoms with E-state index in [2.05, 4.69) is 23.1 Å². The summed E-state index contributed by atoms with van der Waals surface area (Å²) in [7, 11) is 3.69. The fraction of sp³-hybridized carbons (Fsp3) is 0.190. The van der Waals surface area contributed by atoms with Gasteiger partial charge in [0.05, 0.1) is 23.8 Å². The molecule has 0 fully saturated rings. The molecule has 3 aromatic rings. The van der Waals surface area contributed by atoms with Gasteiger partial charge in [-0.3, -0.25) is 14.3 Å². The van der Waals surface area contributed by atoms with E-state index in [-0.39, 0.29) is 18.0 Å². The fourth-order valence-corrected chi connectivity index (χ4v) is 3.70. The van der Waals surface area contributed by atoms with Crippen molar-refractivity contribution in [3.63, 3.8) is 0 Å². The van der Waals surface area contributed by atoms with Crippen LogP contribution in [0.15, 0.2) is 48.7 Å². The van der Waals surface area contributed by atoms with Crippen LogP contribution in [-0.2, 0) is 18.4 Å². The number of carbonyl (C=O) groups excluding carboxylic acids is 2. The fourth-order valence-electron chi connectivity index (χ4n) is 3.70. The predicted molar refractivity (Wildman–Crippen MR) is 109 cm³/mol. The van der Waals surface area contributed by atoms with E-state index in [4.69, 9.17) is 5.73 Å². The number of anilines is 1. The van der Waals surface area contributed by atoms with Gasteiger partial charge in [-0.25, -0.2) is 0 Å². The van der Waals surface area contributed by atoms with Gasteiger partial charge in [0.1, 0.15) is 0 Å². The molecule has 7 nitrogen and oxygen atoms in total. The smallest absolute Gasteiger partial charge is 0.256 e. The third kappa shape index (κ3) is 2.72. The molecule has 0 saturated heterocycles. The number of carbonyl (C=O) groups is 2. The normalized spacial score (nSPS) is 13.1. The molecule has 0 spiro atoms. The van der Waals surface area contributed by atoms with E-state index in [9.17, 15) is 9.59 Å². The Hall–Kier alpha value is -3.61. The lowest BCUT2D eigenvalue weighted by Crippen LogP contribution is -2.30. The zero-order chi connectivity index (χ0) is 20.0. The van der Waals surface area contributed by atoms with Gasteiger partial charge in [0.25, 0.3) is 5.91 Å². The number of benzene rings is 2. The van der Waals surface area contributed by atoms with Crippen LogP contribution in [0.3, 0.4) is 0 Å². The van der Waals surface area contributed by atoms with Crippen LogP contribution in [-0.4, -0.2) is 40.1 Å². The summed E-state index contributed by atoms with van der Waals surface area (Å²) in [6, 6.07) is 10.1. The summed E-state index contributed by atoms with van der Waals surface area (Å²) in [6.45, 7) is 4.20.